The average Bonchev–Trinajstić information content (AvgIpc) is 2.11. The van der Waals surface area contributed by atoms with Gasteiger partial charge in [-0.05, 0) is 26.3 Å². The van der Waals surface area contributed by atoms with Crippen LogP contribution in [0.15, 0.2) is 11.6 Å². The Kier molecular flexibility index (Phi) is 3.69. The lowest BCUT2D eigenvalue weighted by molar-refractivity contribution is -0.139. The van der Waals surface area contributed by atoms with E-state index >= 15 is 0 Å². The van der Waals surface area contributed by atoms with E-state index in [0.29, 0.717) is 12.2 Å². The van der Waals surface area contributed by atoms with Crippen LogP contribution < -0.4 is 0 Å². The lowest BCUT2D eigenvalue weighted by Gasteiger charge is -2.36. The number of ether oxygens (including phenoxy) is 2. The van der Waals surface area contributed by atoms with Crippen molar-refractivity contribution in [1.82, 2.24) is 0 Å². The molecule has 0 radical (unpaired) electrons. The molecular formula is C11H18O3. The smallest absolute Gasteiger partial charge is 0.333 e. The van der Waals surface area contributed by atoms with Crippen molar-refractivity contribution in [3.63, 3.8) is 0 Å². The second-order valence-electron chi connectivity index (χ2n) is 3.87. The minimum Gasteiger partial charge on any atom is -0.462 e. The van der Waals surface area contributed by atoms with E-state index in [1.165, 1.54) is 0 Å². The first-order valence-corrected chi connectivity index (χ1v) is 5.08. The van der Waals surface area contributed by atoms with Gasteiger partial charge in [0.2, 0.25) is 0 Å². The molecule has 0 aliphatic carbocycles. The summed E-state index contributed by atoms with van der Waals surface area (Å²) >= 11 is 0. The van der Waals surface area contributed by atoms with Gasteiger partial charge in [0.05, 0.1) is 18.8 Å². The van der Waals surface area contributed by atoms with Crippen LogP contribution in [0.1, 0.15) is 33.6 Å². The van der Waals surface area contributed by atoms with Crippen LogP contribution >= 0.6 is 0 Å². The minimum absolute atomic E-state index is 0.233. The molecule has 1 heterocycles. The van der Waals surface area contributed by atoms with Crippen molar-refractivity contribution < 1.29 is 14.3 Å². The normalized spacial score (nSPS) is 26.9. The molecule has 0 aromatic rings. The van der Waals surface area contributed by atoms with Gasteiger partial charge in [0.1, 0.15) is 0 Å². The van der Waals surface area contributed by atoms with Gasteiger partial charge in [-0.3, -0.25) is 0 Å². The molecule has 0 N–H and O–H groups in total. The van der Waals surface area contributed by atoms with Crippen LogP contribution in [-0.2, 0) is 14.3 Å². The first kappa shape index (κ1) is 11.2. The Balaban J connectivity index is 2.46. The summed E-state index contributed by atoms with van der Waals surface area (Å²) in [6.07, 6.45) is 3.69. The summed E-state index contributed by atoms with van der Waals surface area (Å²) in [5.41, 5.74) is 0.399. The Labute approximate surface area is 85.1 Å². The number of carbonyl (C=O) groups is 1. The number of rotatable bonds is 4. The maximum atomic E-state index is 11.4. The van der Waals surface area contributed by atoms with Crippen molar-refractivity contribution in [3.05, 3.63) is 11.6 Å². The maximum absolute atomic E-state index is 11.4. The third kappa shape index (κ3) is 2.84. The van der Waals surface area contributed by atoms with E-state index in [2.05, 4.69) is 0 Å². The predicted octanol–water partition coefficient (Wildman–Crippen LogP) is 2.06. The van der Waals surface area contributed by atoms with Gasteiger partial charge in [-0.25, -0.2) is 4.79 Å². The molecule has 0 amide bonds. The largest absolute Gasteiger partial charge is 0.462 e. The van der Waals surface area contributed by atoms with E-state index in [-0.39, 0.29) is 11.6 Å². The van der Waals surface area contributed by atoms with Crippen molar-refractivity contribution in [2.24, 2.45) is 0 Å². The summed E-state index contributed by atoms with van der Waals surface area (Å²) in [4.78, 5) is 11.4. The first-order valence-electron chi connectivity index (χ1n) is 5.08. The molecule has 0 saturated carbocycles. The summed E-state index contributed by atoms with van der Waals surface area (Å²) in [7, 11) is 0. The lowest BCUT2D eigenvalue weighted by Crippen LogP contribution is -2.39. The van der Waals surface area contributed by atoms with Crippen LogP contribution in [0.3, 0.4) is 0 Å². The van der Waals surface area contributed by atoms with Gasteiger partial charge in [-0.1, -0.05) is 6.92 Å². The van der Waals surface area contributed by atoms with E-state index in [4.69, 9.17) is 9.47 Å². The fourth-order valence-electron chi connectivity index (χ4n) is 1.36. The molecule has 0 bridgehead atoms. The lowest BCUT2D eigenvalue weighted by atomic mass is 9.95. The summed E-state index contributed by atoms with van der Waals surface area (Å²) < 4.78 is 10.4. The molecule has 3 nitrogen and oxygen atoms in total. The second kappa shape index (κ2) is 4.60. The Bertz CT molecular complexity index is 239. The molecule has 0 spiro atoms. The van der Waals surface area contributed by atoms with Crippen molar-refractivity contribution in [1.29, 1.82) is 0 Å². The number of hydrogen-bond donors (Lipinski definition) is 0. The number of esters is 1. The fraction of sp³-hybridized carbons (Fsp3) is 0.727. The average molecular weight is 198 g/mol. The van der Waals surface area contributed by atoms with E-state index < -0.39 is 0 Å². The van der Waals surface area contributed by atoms with Gasteiger partial charge in [-0.15, -0.1) is 0 Å². The quantitative estimate of drug-likeness (QED) is 0.512. The molecule has 1 aliphatic heterocycles. The van der Waals surface area contributed by atoms with Crippen LogP contribution in [0, 0.1) is 0 Å². The third-order valence-corrected chi connectivity index (χ3v) is 2.31. The van der Waals surface area contributed by atoms with Crippen LogP contribution in [-0.4, -0.2) is 24.8 Å². The zero-order valence-corrected chi connectivity index (χ0v) is 9.13. The van der Waals surface area contributed by atoms with Gasteiger partial charge in [-0.2, -0.15) is 0 Å². The number of hydrogen-bond acceptors (Lipinski definition) is 3. The topological polar surface area (TPSA) is 35.5 Å². The van der Waals surface area contributed by atoms with Crippen LogP contribution in [0.5, 0.6) is 0 Å². The highest BCUT2D eigenvalue weighted by atomic mass is 16.5. The van der Waals surface area contributed by atoms with Gasteiger partial charge < -0.3 is 9.47 Å². The molecule has 14 heavy (non-hydrogen) atoms. The van der Waals surface area contributed by atoms with Gasteiger partial charge in [0, 0.05) is 12.0 Å². The van der Waals surface area contributed by atoms with Gasteiger partial charge in [0.15, 0.2) is 0 Å². The summed E-state index contributed by atoms with van der Waals surface area (Å²) in [5, 5.41) is 0. The molecule has 1 saturated heterocycles. The highest BCUT2D eigenvalue weighted by Gasteiger charge is 2.31. The maximum Gasteiger partial charge on any atom is 0.333 e. The Morgan fingerprint density at radius 2 is 2.29 bits per heavy atom. The van der Waals surface area contributed by atoms with Gasteiger partial charge >= 0.3 is 5.97 Å². The Hall–Kier alpha value is -0.830. The molecule has 1 atom stereocenters. The van der Waals surface area contributed by atoms with E-state index in [0.717, 1.165) is 19.4 Å². The molecule has 1 unspecified atom stereocenters. The summed E-state index contributed by atoms with van der Waals surface area (Å²) in [5.74, 6) is -0.233. The Morgan fingerprint density at radius 1 is 1.64 bits per heavy atom. The summed E-state index contributed by atoms with van der Waals surface area (Å²) in [6, 6.07) is 0. The fourth-order valence-corrected chi connectivity index (χ4v) is 1.36. The van der Waals surface area contributed by atoms with Crippen molar-refractivity contribution in [2.75, 3.05) is 13.2 Å². The predicted molar refractivity (Wildman–Crippen MR) is 54.0 cm³/mol. The van der Waals surface area contributed by atoms with Crippen molar-refractivity contribution in [3.8, 4) is 0 Å². The second-order valence-corrected chi connectivity index (χ2v) is 3.87. The molecule has 1 fully saturated rings. The molecule has 0 aromatic carbocycles. The van der Waals surface area contributed by atoms with E-state index in [9.17, 15) is 4.79 Å². The van der Waals surface area contributed by atoms with E-state index in [1.54, 1.807) is 6.92 Å². The first-order chi connectivity index (χ1) is 6.57. The molecule has 1 aliphatic rings. The van der Waals surface area contributed by atoms with Gasteiger partial charge in [0.25, 0.3) is 0 Å². The van der Waals surface area contributed by atoms with E-state index in [1.807, 2.05) is 19.9 Å². The molecule has 1 rings (SSSR count). The molecule has 80 valence electrons. The Morgan fingerprint density at radius 3 is 2.71 bits per heavy atom. The highest BCUT2D eigenvalue weighted by molar-refractivity contribution is 5.87. The van der Waals surface area contributed by atoms with Crippen LogP contribution in [0.25, 0.3) is 0 Å². The zero-order chi connectivity index (χ0) is 10.6. The van der Waals surface area contributed by atoms with Crippen molar-refractivity contribution in [2.45, 2.75) is 39.2 Å². The SMILES string of the molecule is CCCOC(=O)C(C)=CC1(C)CCO1. The molecule has 0 aromatic heterocycles. The molecule has 3 heteroatoms. The standard InChI is InChI=1S/C11H18O3/c1-4-6-13-10(12)9(2)8-11(3)5-7-14-11/h8H,4-7H2,1-3H3. The zero-order valence-electron chi connectivity index (χ0n) is 9.13. The van der Waals surface area contributed by atoms with Crippen LogP contribution in [0.4, 0.5) is 0 Å². The third-order valence-electron chi connectivity index (χ3n) is 2.31. The molecular weight excluding hydrogens is 180 g/mol. The minimum atomic E-state index is -0.241. The highest BCUT2D eigenvalue weighted by Crippen LogP contribution is 2.28. The monoisotopic (exact) mass is 198 g/mol. The van der Waals surface area contributed by atoms with Crippen molar-refractivity contribution >= 4 is 5.97 Å². The summed E-state index contributed by atoms with van der Waals surface area (Å²) in [6.45, 7) is 6.99. The number of carbonyl (C=O) groups excluding carboxylic acids is 1. The van der Waals surface area contributed by atoms with Crippen LogP contribution in [0.2, 0.25) is 0 Å².